The van der Waals surface area contributed by atoms with Gasteiger partial charge < -0.3 is 14.6 Å². The average molecular weight is 215 g/mol. The number of hydrogen-bond donors (Lipinski definition) is 1. The Bertz CT molecular complexity index is 273. The molecule has 1 N–H and O–H groups in total. The summed E-state index contributed by atoms with van der Waals surface area (Å²) in [6.07, 6.45) is -1.16. The maximum atomic E-state index is 11.7. The zero-order valence-corrected chi connectivity index (χ0v) is 9.27. The van der Waals surface area contributed by atoms with Gasteiger partial charge in [0.15, 0.2) is 0 Å². The molecular formula is C10H17NO4. The maximum Gasteiger partial charge on any atom is 0.410 e. The van der Waals surface area contributed by atoms with Crippen LogP contribution in [0.2, 0.25) is 0 Å². The van der Waals surface area contributed by atoms with Crippen molar-refractivity contribution in [3.05, 3.63) is 0 Å². The van der Waals surface area contributed by atoms with Crippen LogP contribution >= 0.6 is 0 Å². The Morgan fingerprint density at radius 3 is 2.60 bits per heavy atom. The molecule has 3 atom stereocenters. The van der Waals surface area contributed by atoms with Crippen LogP contribution in [0, 0.1) is 0 Å². The third kappa shape index (κ3) is 1.94. The monoisotopic (exact) mass is 215 g/mol. The minimum absolute atomic E-state index is 0.232. The number of carbonyl (C=O) groups is 1. The molecule has 2 bridgehead atoms. The van der Waals surface area contributed by atoms with Gasteiger partial charge in [-0.15, -0.1) is 0 Å². The number of nitrogens with zero attached hydrogens (tertiary/aromatic N) is 1. The number of fused-ring (bicyclic) bond motifs is 2. The maximum absolute atomic E-state index is 11.7. The molecule has 5 heteroatoms. The first-order chi connectivity index (χ1) is 6.88. The largest absolute Gasteiger partial charge is 0.444 e. The van der Waals surface area contributed by atoms with Crippen LogP contribution in [0.1, 0.15) is 20.8 Å². The van der Waals surface area contributed by atoms with Crippen LogP contribution in [0.3, 0.4) is 0 Å². The zero-order chi connectivity index (χ0) is 11.2. The Labute approximate surface area is 89.0 Å². The molecule has 0 radical (unpaired) electrons. The highest BCUT2D eigenvalue weighted by atomic mass is 16.6. The molecule has 0 saturated carbocycles. The van der Waals surface area contributed by atoms with Gasteiger partial charge in [-0.2, -0.15) is 0 Å². The van der Waals surface area contributed by atoms with E-state index in [-0.39, 0.29) is 18.2 Å². The number of carbonyl (C=O) groups excluding carboxylic acids is 1. The van der Waals surface area contributed by atoms with Crippen LogP contribution in [0.25, 0.3) is 0 Å². The first-order valence-electron chi connectivity index (χ1n) is 5.18. The van der Waals surface area contributed by atoms with E-state index in [1.165, 1.54) is 0 Å². The third-order valence-corrected chi connectivity index (χ3v) is 2.66. The third-order valence-electron chi connectivity index (χ3n) is 2.66. The first-order valence-corrected chi connectivity index (χ1v) is 5.18. The first kappa shape index (κ1) is 10.7. The van der Waals surface area contributed by atoms with E-state index >= 15 is 0 Å². The van der Waals surface area contributed by atoms with Crippen molar-refractivity contribution in [2.24, 2.45) is 0 Å². The van der Waals surface area contributed by atoms with Gasteiger partial charge in [0.05, 0.1) is 19.2 Å². The van der Waals surface area contributed by atoms with Crippen molar-refractivity contribution in [2.45, 2.75) is 44.6 Å². The number of likely N-dealkylation sites (tertiary alicyclic amines) is 1. The molecule has 2 fully saturated rings. The molecule has 0 aromatic heterocycles. The van der Waals surface area contributed by atoms with Gasteiger partial charge in [-0.3, -0.25) is 4.90 Å². The van der Waals surface area contributed by atoms with Crippen LogP contribution in [0.5, 0.6) is 0 Å². The fourth-order valence-electron chi connectivity index (χ4n) is 1.96. The highest BCUT2D eigenvalue weighted by Crippen LogP contribution is 2.29. The van der Waals surface area contributed by atoms with Crippen LogP contribution in [-0.4, -0.2) is 53.1 Å². The number of morpholine rings is 1. The number of aliphatic hydroxyl groups is 1. The number of amides is 1. The van der Waals surface area contributed by atoms with Crippen molar-refractivity contribution < 1.29 is 19.4 Å². The van der Waals surface area contributed by atoms with E-state index in [4.69, 9.17) is 9.47 Å². The molecule has 2 heterocycles. The molecular weight excluding hydrogens is 198 g/mol. The second-order valence-corrected chi connectivity index (χ2v) is 5.06. The summed E-state index contributed by atoms with van der Waals surface area (Å²) >= 11 is 0. The van der Waals surface area contributed by atoms with Gasteiger partial charge in [-0.25, -0.2) is 4.79 Å². The van der Waals surface area contributed by atoms with E-state index in [0.717, 1.165) is 0 Å². The fourth-order valence-corrected chi connectivity index (χ4v) is 1.96. The molecule has 0 aliphatic carbocycles. The predicted molar refractivity (Wildman–Crippen MR) is 52.5 cm³/mol. The standard InChI is InChI=1S/C10H17NO4/c1-10(2,3)15-9(13)11-4-7-8(12)6(11)5-14-7/h6-8,12H,4-5H2,1-3H3/t6?,7-,8+/m0/s1. The molecule has 86 valence electrons. The topological polar surface area (TPSA) is 59.0 Å². The van der Waals surface area contributed by atoms with Crippen molar-refractivity contribution >= 4 is 6.09 Å². The van der Waals surface area contributed by atoms with Gasteiger partial charge in [-0.1, -0.05) is 0 Å². The zero-order valence-electron chi connectivity index (χ0n) is 9.27. The van der Waals surface area contributed by atoms with Gasteiger partial charge in [0, 0.05) is 0 Å². The van der Waals surface area contributed by atoms with Crippen molar-refractivity contribution in [3.8, 4) is 0 Å². The minimum atomic E-state index is -0.558. The number of rotatable bonds is 0. The van der Waals surface area contributed by atoms with E-state index in [0.29, 0.717) is 13.2 Å². The van der Waals surface area contributed by atoms with Crippen LogP contribution in [0.4, 0.5) is 4.79 Å². The molecule has 2 aliphatic rings. The van der Waals surface area contributed by atoms with Crippen molar-refractivity contribution in [3.63, 3.8) is 0 Å². The SMILES string of the molecule is CC(C)(C)OC(=O)N1C[C@@H]2OCC1[C@H]2O. The van der Waals surface area contributed by atoms with Gasteiger partial charge in [0.25, 0.3) is 0 Å². The smallest absolute Gasteiger partial charge is 0.410 e. The molecule has 0 aromatic carbocycles. The normalized spacial score (nSPS) is 34.7. The van der Waals surface area contributed by atoms with Crippen molar-refractivity contribution in [2.75, 3.05) is 13.2 Å². The Hall–Kier alpha value is -0.810. The molecule has 5 nitrogen and oxygen atoms in total. The van der Waals surface area contributed by atoms with Crippen LogP contribution in [0.15, 0.2) is 0 Å². The molecule has 0 spiro atoms. The second-order valence-electron chi connectivity index (χ2n) is 5.06. The summed E-state index contributed by atoms with van der Waals surface area (Å²) in [4.78, 5) is 13.3. The number of ether oxygens (including phenoxy) is 2. The Kier molecular flexibility index (Phi) is 2.39. The highest BCUT2D eigenvalue weighted by Gasteiger charge is 2.50. The lowest BCUT2D eigenvalue weighted by molar-refractivity contribution is -0.00922. The van der Waals surface area contributed by atoms with E-state index in [1.807, 2.05) is 20.8 Å². The molecule has 2 saturated heterocycles. The number of hydrogen-bond acceptors (Lipinski definition) is 4. The van der Waals surface area contributed by atoms with E-state index in [2.05, 4.69) is 0 Å². The number of aliphatic hydroxyl groups excluding tert-OH is 1. The van der Waals surface area contributed by atoms with Gasteiger partial charge in [-0.05, 0) is 20.8 Å². The van der Waals surface area contributed by atoms with Crippen molar-refractivity contribution in [1.29, 1.82) is 0 Å². The Morgan fingerprint density at radius 2 is 2.20 bits per heavy atom. The summed E-state index contributed by atoms with van der Waals surface area (Å²) in [6.45, 7) is 6.32. The summed E-state index contributed by atoms with van der Waals surface area (Å²) in [5.74, 6) is 0. The van der Waals surface area contributed by atoms with Gasteiger partial charge in [0.1, 0.15) is 17.8 Å². The predicted octanol–water partition coefficient (Wildman–Crippen LogP) is 0.365. The Morgan fingerprint density at radius 1 is 1.53 bits per heavy atom. The molecule has 0 aromatic rings. The van der Waals surface area contributed by atoms with E-state index in [9.17, 15) is 9.90 Å². The Balaban J connectivity index is 1.99. The van der Waals surface area contributed by atoms with Gasteiger partial charge in [0.2, 0.25) is 0 Å². The molecule has 2 aliphatic heterocycles. The summed E-state index contributed by atoms with van der Waals surface area (Å²) in [5.41, 5.74) is -0.495. The molecule has 2 rings (SSSR count). The lowest BCUT2D eigenvalue weighted by atomic mass is 10.2. The highest BCUT2D eigenvalue weighted by molar-refractivity contribution is 5.69. The van der Waals surface area contributed by atoms with Crippen molar-refractivity contribution in [1.82, 2.24) is 4.90 Å². The quantitative estimate of drug-likeness (QED) is 0.634. The summed E-state index contributed by atoms with van der Waals surface area (Å²) in [5, 5.41) is 9.67. The van der Waals surface area contributed by atoms with Crippen LogP contribution in [-0.2, 0) is 9.47 Å². The average Bonchev–Trinajstić information content (AvgIpc) is 2.59. The lowest BCUT2D eigenvalue weighted by Crippen LogP contribution is -2.45. The van der Waals surface area contributed by atoms with E-state index in [1.54, 1.807) is 4.90 Å². The molecule has 15 heavy (non-hydrogen) atoms. The second kappa shape index (κ2) is 3.35. The minimum Gasteiger partial charge on any atom is -0.444 e. The van der Waals surface area contributed by atoms with Gasteiger partial charge >= 0.3 is 6.09 Å². The summed E-state index contributed by atoms with van der Waals surface area (Å²) in [7, 11) is 0. The fraction of sp³-hybridized carbons (Fsp3) is 0.900. The van der Waals surface area contributed by atoms with Crippen LogP contribution < -0.4 is 0 Å². The lowest BCUT2D eigenvalue weighted by Gasteiger charge is -2.29. The summed E-state index contributed by atoms with van der Waals surface area (Å²) < 4.78 is 10.5. The van der Waals surface area contributed by atoms with E-state index < -0.39 is 11.7 Å². The summed E-state index contributed by atoms with van der Waals surface area (Å²) in [6, 6.07) is -0.232. The molecule has 1 unspecified atom stereocenters. The molecule has 1 amide bonds.